The maximum absolute atomic E-state index is 12.8. The van der Waals surface area contributed by atoms with E-state index in [1.165, 1.54) is 6.07 Å². The molecule has 0 unspecified atom stereocenters. The van der Waals surface area contributed by atoms with Gasteiger partial charge in [-0.25, -0.2) is 9.69 Å². The summed E-state index contributed by atoms with van der Waals surface area (Å²) < 4.78 is 0.175. The quantitative estimate of drug-likeness (QED) is 0.223. The number of halogens is 1. The third kappa shape index (κ3) is 3.58. The van der Waals surface area contributed by atoms with Crippen LogP contribution < -0.4 is 10.2 Å². The smallest absolute Gasteiger partial charge is 0.335 e. The molecule has 0 atom stereocenters. The van der Waals surface area contributed by atoms with Gasteiger partial charge in [-0.1, -0.05) is 12.1 Å². The zero-order chi connectivity index (χ0) is 20.6. The number of rotatable bonds is 3. The second kappa shape index (κ2) is 7.38. The zero-order valence-corrected chi connectivity index (χ0v) is 16.5. The van der Waals surface area contributed by atoms with Crippen LogP contribution in [0.3, 0.4) is 0 Å². The Balaban J connectivity index is 2.08. The van der Waals surface area contributed by atoms with Gasteiger partial charge in [0.2, 0.25) is 5.75 Å². The minimum Gasteiger partial charge on any atom is -0.501 e. The summed E-state index contributed by atoms with van der Waals surface area (Å²) in [4.78, 5) is 48.3. The molecule has 9 nitrogen and oxygen atoms in total. The number of phenols is 1. The number of carbonyl (C=O) groups excluding carboxylic acids is 3. The Morgan fingerprint density at radius 3 is 2.57 bits per heavy atom. The van der Waals surface area contributed by atoms with Crippen LogP contribution in [0.15, 0.2) is 42.0 Å². The predicted molar refractivity (Wildman–Crippen MR) is 108 cm³/mol. The molecule has 0 aromatic heterocycles. The number of nitro benzene ring substituents is 1. The summed E-state index contributed by atoms with van der Waals surface area (Å²) in [6.07, 6.45) is 1.14. The van der Waals surface area contributed by atoms with Crippen LogP contribution in [0.2, 0.25) is 0 Å². The Labute approximate surface area is 171 Å². The number of imide groups is 2. The lowest BCUT2D eigenvalue weighted by Gasteiger charge is -2.26. The molecule has 10 heteroatoms. The zero-order valence-electron chi connectivity index (χ0n) is 14.3. The van der Waals surface area contributed by atoms with Crippen molar-refractivity contribution < 1.29 is 24.4 Å². The van der Waals surface area contributed by atoms with Gasteiger partial charge >= 0.3 is 11.7 Å². The summed E-state index contributed by atoms with van der Waals surface area (Å²) in [5.41, 5.74) is 0.327. The monoisotopic (exact) mass is 493 g/mol. The minimum absolute atomic E-state index is 0.158. The third-order valence-electron chi connectivity index (χ3n) is 3.93. The molecule has 0 saturated carbocycles. The highest BCUT2D eigenvalue weighted by atomic mass is 127. The van der Waals surface area contributed by atoms with E-state index in [1.54, 1.807) is 53.8 Å². The topological polar surface area (TPSA) is 130 Å². The number of barbiturate groups is 1. The van der Waals surface area contributed by atoms with Gasteiger partial charge < -0.3 is 5.11 Å². The normalized spacial score (nSPS) is 15.7. The van der Waals surface area contributed by atoms with Crippen molar-refractivity contribution in [1.82, 2.24) is 5.32 Å². The fourth-order valence-corrected chi connectivity index (χ4v) is 3.29. The van der Waals surface area contributed by atoms with Crippen LogP contribution in [0.4, 0.5) is 16.2 Å². The van der Waals surface area contributed by atoms with E-state index in [1.807, 2.05) is 0 Å². The lowest BCUT2D eigenvalue weighted by molar-refractivity contribution is -0.386. The van der Waals surface area contributed by atoms with Crippen LogP contribution in [0.1, 0.15) is 11.1 Å². The van der Waals surface area contributed by atoms with Gasteiger partial charge in [0, 0.05) is 6.07 Å². The van der Waals surface area contributed by atoms with Crippen molar-refractivity contribution in [3.8, 4) is 5.75 Å². The highest BCUT2D eigenvalue weighted by Gasteiger charge is 2.37. The molecular weight excluding hydrogens is 481 g/mol. The number of hydrogen-bond donors (Lipinski definition) is 2. The van der Waals surface area contributed by atoms with Crippen LogP contribution in [-0.4, -0.2) is 27.9 Å². The first-order chi connectivity index (χ1) is 13.2. The second-order valence-electron chi connectivity index (χ2n) is 5.92. The number of urea groups is 1. The van der Waals surface area contributed by atoms with E-state index in [0.717, 1.165) is 22.6 Å². The molecular formula is C18H12IN3O6. The highest BCUT2D eigenvalue weighted by Crippen LogP contribution is 2.33. The van der Waals surface area contributed by atoms with Crippen molar-refractivity contribution in [2.45, 2.75) is 6.92 Å². The molecule has 1 aliphatic heterocycles. The molecule has 0 spiro atoms. The third-order valence-corrected chi connectivity index (χ3v) is 4.76. The maximum Gasteiger partial charge on any atom is 0.335 e. The number of nitrogens with zero attached hydrogens (tertiary/aromatic N) is 2. The van der Waals surface area contributed by atoms with E-state index in [0.29, 0.717) is 0 Å². The first-order valence-electron chi connectivity index (χ1n) is 7.84. The van der Waals surface area contributed by atoms with Gasteiger partial charge in [-0.05, 0) is 64.9 Å². The number of aromatic hydroxyl groups is 1. The number of hydrogen-bond acceptors (Lipinski definition) is 6. The average molecular weight is 493 g/mol. The number of aryl methyl sites for hydroxylation is 1. The predicted octanol–water partition coefficient (Wildman–Crippen LogP) is 2.88. The number of nitrogens with one attached hydrogen (secondary N) is 1. The van der Waals surface area contributed by atoms with Gasteiger partial charge in [0.25, 0.3) is 11.8 Å². The minimum atomic E-state index is -0.912. The number of amides is 4. The Morgan fingerprint density at radius 2 is 1.93 bits per heavy atom. The van der Waals surface area contributed by atoms with Crippen LogP contribution in [-0.2, 0) is 9.59 Å². The largest absolute Gasteiger partial charge is 0.501 e. The Morgan fingerprint density at radius 1 is 1.21 bits per heavy atom. The van der Waals surface area contributed by atoms with E-state index in [4.69, 9.17) is 0 Å². The molecule has 2 aromatic carbocycles. The number of nitro groups is 1. The van der Waals surface area contributed by atoms with Gasteiger partial charge in [-0.2, -0.15) is 0 Å². The molecule has 1 aliphatic rings. The van der Waals surface area contributed by atoms with E-state index in [-0.39, 0.29) is 20.4 Å². The van der Waals surface area contributed by atoms with Crippen molar-refractivity contribution in [2.24, 2.45) is 0 Å². The fourth-order valence-electron chi connectivity index (χ4n) is 2.65. The average Bonchev–Trinajstić information content (AvgIpc) is 2.61. The Kier molecular flexibility index (Phi) is 5.14. The molecule has 4 amide bonds. The van der Waals surface area contributed by atoms with Crippen molar-refractivity contribution in [1.29, 1.82) is 0 Å². The number of carbonyl (C=O) groups is 3. The van der Waals surface area contributed by atoms with Gasteiger partial charge in [0.1, 0.15) is 5.57 Å². The van der Waals surface area contributed by atoms with Crippen molar-refractivity contribution in [3.05, 3.63) is 66.8 Å². The number of benzene rings is 2. The molecule has 3 rings (SSSR count). The Bertz CT molecular complexity index is 1080. The van der Waals surface area contributed by atoms with Crippen molar-refractivity contribution >= 4 is 57.9 Å². The molecule has 1 heterocycles. The summed E-state index contributed by atoms with van der Waals surface area (Å²) >= 11 is 1.70. The van der Waals surface area contributed by atoms with Gasteiger partial charge in [-0.15, -0.1) is 0 Å². The molecule has 0 aliphatic carbocycles. The van der Waals surface area contributed by atoms with Gasteiger partial charge in [-0.3, -0.25) is 25.0 Å². The van der Waals surface area contributed by atoms with E-state index in [2.05, 4.69) is 5.32 Å². The molecule has 28 heavy (non-hydrogen) atoms. The molecule has 142 valence electrons. The number of anilines is 1. The maximum atomic E-state index is 12.8. The van der Waals surface area contributed by atoms with Crippen molar-refractivity contribution in [2.75, 3.05) is 4.90 Å². The van der Waals surface area contributed by atoms with Gasteiger partial charge in [0.15, 0.2) is 0 Å². The van der Waals surface area contributed by atoms with Gasteiger partial charge in [0.05, 0.1) is 14.2 Å². The van der Waals surface area contributed by atoms with E-state index < -0.39 is 34.2 Å². The molecule has 2 aromatic rings. The highest BCUT2D eigenvalue weighted by molar-refractivity contribution is 14.1. The first kappa shape index (κ1) is 19.5. The standard InChI is InChI=1S/C18H12IN3O6/c1-9-3-2-4-11(5-9)21-17(25)12(16(24)20-18(21)26)6-10-7-13(19)15(23)14(8-10)22(27)28/h2-8,23H,1H3,(H,20,24,26)/b12-6+. The summed E-state index contributed by atoms with van der Waals surface area (Å²) in [6.45, 7) is 1.79. The van der Waals surface area contributed by atoms with Crippen LogP contribution >= 0.6 is 22.6 Å². The summed E-state index contributed by atoms with van der Waals surface area (Å²) in [5.74, 6) is -2.28. The summed E-state index contributed by atoms with van der Waals surface area (Å²) in [5, 5.41) is 23.0. The molecule has 2 N–H and O–H groups in total. The van der Waals surface area contributed by atoms with Crippen molar-refractivity contribution in [3.63, 3.8) is 0 Å². The lowest BCUT2D eigenvalue weighted by Crippen LogP contribution is -2.54. The second-order valence-corrected chi connectivity index (χ2v) is 7.09. The Hall–Kier alpha value is -3.28. The molecule has 0 radical (unpaired) electrons. The van der Waals surface area contributed by atoms with Crippen LogP contribution in [0.25, 0.3) is 6.08 Å². The fraction of sp³-hybridized carbons (Fsp3) is 0.0556. The lowest BCUT2D eigenvalue weighted by atomic mass is 10.1. The van der Waals surface area contributed by atoms with E-state index >= 15 is 0 Å². The van der Waals surface area contributed by atoms with Crippen LogP contribution in [0, 0.1) is 20.6 Å². The first-order valence-corrected chi connectivity index (χ1v) is 8.92. The van der Waals surface area contributed by atoms with E-state index in [9.17, 15) is 29.6 Å². The number of phenolic OH excluding ortho intramolecular Hbond substituents is 1. The van der Waals surface area contributed by atoms with Crippen LogP contribution in [0.5, 0.6) is 5.75 Å². The molecule has 1 saturated heterocycles. The SMILES string of the molecule is Cc1cccc(N2C(=O)NC(=O)/C(=C\c3cc(I)c(O)c([N+](=O)[O-])c3)C2=O)c1. The summed E-state index contributed by atoms with van der Waals surface area (Å²) in [6, 6.07) is 8.14. The molecule has 1 fully saturated rings. The molecule has 0 bridgehead atoms. The summed E-state index contributed by atoms with van der Waals surface area (Å²) in [7, 11) is 0.